The summed E-state index contributed by atoms with van der Waals surface area (Å²) in [6.45, 7) is 1.92. The molecular weight excluding hydrogens is 338 g/mol. The predicted octanol–water partition coefficient (Wildman–Crippen LogP) is 4.33. The third-order valence-corrected chi connectivity index (χ3v) is 4.24. The van der Waals surface area contributed by atoms with Crippen LogP contribution in [0.3, 0.4) is 0 Å². The van der Waals surface area contributed by atoms with Crippen LogP contribution in [0.15, 0.2) is 59.1 Å². The Morgan fingerprint density at radius 3 is 2.30 bits per heavy atom. The van der Waals surface area contributed by atoms with E-state index in [-0.39, 0.29) is 5.91 Å². The van der Waals surface area contributed by atoms with Gasteiger partial charge in [0, 0.05) is 15.9 Å². The second-order valence-electron chi connectivity index (χ2n) is 4.79. The van der Waals surface area contributed by atoms with Gasteiger partial charge in [0.15, 0.2) is 0 Å². The zero-order valence-electron chi connectivity index (χ0n) is 11.1. The monoisotopic (exact) mass is 351 g/mol. The largest absolute Gasteiger partial charge is 0.342 e. The highest BCUT2D eigenvalue weighted by molar-refractivity contribution is 9.10. The summed E-state index contributed by atoms with van der Waals surface area (Å²) in [5, 5.41) is 3.01. The number of carbonyl (C=O) groups is 1. The van der Waals surface area contributed by atoms with Crippen LogP contribution in [0.4, 0.5) is 0 Å². The lowest BCUT2D eigenvalue weighted by atomic mass is 9.93. The van der Waals surface area contributed by atoms with Crippen molar-refractivity contribution in [3.8, 4) is 0 Å². The SMILES string of the molecule is CC(CCl)(NC(=O)c1ccc(Br)cc1)c1ccccc1. The lowest BCUT2D eigenvalue weighted by molar-refractivity contribution is 0.0913. The van der Waals surface area contributed by atoms with E-state index in [9.17, 15) is 4.79 Å². The fourth-order valence-corrected chi connectivity index (χ4v) is 2.40. The van der Waals surface area contributed by atoms with Crippen LogP contribution < -0.4 is 5.32 Å². The van der Waals surface area contributed by atoms with Gasteiger partial charge in [0.1, 0.15) is 0 Å². The maximum atomic E-state index is 12.3. The molecule has 0 saturated heterocycles. The van der Waals surface area contributed by atoms with Crippen molar-refractivity contribution in [1.82, 2.24) is 5.32 Å². The summed E-state index contributed by atoms with van der Waals surface area (Å²) in [5.41, 5.74) is 1.01. The molecule has 0 aliphatic heterocycles. The van der Waals surface area contributed by atoms with E-state index in [4.69, 9.17) is 11.6 Å². The van der Waals surface area contributed by atoms with Crippen LogP contribution in [-0.4, -0.2) is 11.8 Å². The van der Waals surface area contributed by atoms with E-state index < -0.39 is 5.54 Å². The van der Waals surface area contributed by atoms with E-state index in [0.29, 0.717) is 11.4 Å². The Kier molecular flexibility index (Phi) is 4.84. The van der Waals surface area contributed by atoms with E-state index in [2.05, 4.69) is 21.2 Å². The Morgan fingerprint density at radius 1 is 1.15 bits per heavy atom. The number of hydrogen-bond donors (Lipinski definition) is 1. The van der Waals surface area contributed by atoms with Gasteiger partial charge in [0.25, 0.3) is 5.91 Å². The molecule has 1 unspecified atom stereocenters. The first-order chi connectivity index (χ1) is 9.55. The molecule has 0 saturated carbocycles. The molecule has 4 heteroatoms. The molecular formula is C16H15BrClNO. The summed E-state index contributed by atoms with van der Waals surface area (Å²) in [6.07, 6.45) is 0. The summed E-state index contributed by atoms with van der Waals surface area (Å²) < 4.78 is 0.942. The predicted molar refractivity (Wildman–Crippen MR) is 86.1 cm³/mol. The molecule has 2 aromatic carbocycles. The summed E-state index contributed by atoms with van der Waals surface area (Å²) in [6, 6.07) is 17.0. The fraction of sp³-hybridized carbons (Fsp3) is 0.188. The molecule has 104 valence electrons. The molecule has 2 nitrogen and oxygen atoms in total. The first-order valence-corrected chi connectivity index (χ1v) is 7.57. The minimum absolute atomic E-state index is 0.135. The Morgan fingerprint density at radius 2 is 1.75 bits per heavy atom. The number of amides is 1. The zero-order chi connectivity index (χ0) is 14.6. The highest BCUT2D eigenvalue weighted by Gasteiger charge is 2.27. The number of carbonyl (C=O) groups excluding carboxylic acids is 1. The molecule has 0 heterocycles. The normalized spacial score (nSPS) is 13.6. The number of benzene rings is 2. The van der Waals surface area contributed by atoms with Gasteiger partial charge in [0.05, 0.1) is 5.54 Å². The molecule has 0 aliphatic carbocycles. The van der Waals surface area contributed by atoms with Crippen molar-refractivity contribution < 1.29 is 4.79 Å². The Hall–Kier alpha value is -1.32. The van der Waals surface area contributed by atoms with Crippen LogP contribution in [-0.2, 0) is 5.54 Å². The Labute approximate surface area is 132 Å². The topological polar surface area (TPSA) is 29.1 Å². The van der Waals surface area contributed by atoms with Crippen molar-refractivity contribution >= 4 is 33.4 Å². The average Bonchev–Trinajstić information content (AvgIpc) is 2.48. The molecule has 1 N–H and O–H groups in total. The molecule has 0 bridgehead atoms. The molecule has 2 aromatic rings. The van der Waals surface area contributed by atoms with E-state index in [0.717, 1.165) is 10.0 Å². The summed E-state index contributed by atoms with van der Waals surface area (Å²) in [4.78, 5) is 12.3. The number of halogens is 2. The van der Waals surface area contributed by atoms with Crippen molar-refractivity contribution in [3.63, 3.8) is 0 Å². The van der Waals surface area contributed by atoms with Crippen LogP contribution in [0.1, 0.15) is 22.8 Å². The Bertz CT molecular complexity index is 585. The second kappa shape index (κ2) is 6.42. The molecule has 0 spiro atoms. The van der Waals surface area contributed by atoms with E-state index >= 15 is 0 Å². The van der Waals surface area contributed by atoms with Crippen LogP contribution >= 0.6 is 27.5 Å². The van der Waals surface area contributed by atoms with Gasteiger partial charge in [-0.05, 0) is 36.8 Å². The first-order valence-electron chi connectivity index (χ1n) is 6.25. The molecule has 0 radical (unpaired) electrons. The van der Waals surface area contributed by atoms with Crippen LogP contribution in [0.25, 0.3) is 0 Å². The highest BCUT2D eigenvalue weighted by Crippen LogP contribution is 2.23. The molecule has 20 heavy (non-hydrogen) atoms. The smallest absolute Gasteiger partial charge is 0.252 e. The first kappa shape index (κ1) is 15.1. The van der Waals surface area contributed by atoms with Crippen molar-refractivity contribution in [1.29, 1.82) is 0 Å². The summed E-state index contributed by atoms with van der Waals surface area (Å²) in [7, 11) is 0. The standard InChI is InChI=1S/C16H15BrClNO/c1-16(11-18,13-5-3-2-4-6-13)19-15(20)12-7-9-14(17)10-8-12/h2-10H,11H2,1H3,(H,19,20). The number of alkyl halides is 1. The van der Waals surface area contributed by atoms with Crippen molar-refractivity contribution in [2.45, 2.75) is 12.5 Å². The quantitative estimate of drug-likeness (QED) is 0.815. The fourth-order valence-electron chi connectivity index (χ4n) is 1.91. The molecule has 1 atom stereocenters. The van der Waals surface area contributed by atoms with E-state index in [1.165, 1.54) is 0 Å². The maximum Gasteiger partial charge on any atom is 0.252 e. The summed E-state index contributed by atoms with van der Waals surface area (Å²) in [5.74, 6) is 0.170. The molecule has 0 aliphatic rings. The van der Waals surface area contributed by atoms with Gasteiger partial charge in [0.2, 0.25) is 0 Å². The van der Waals surface area contributed by atoms with Gasteiger partial charge < -0.3 is 5.32 Å². The Balaban J connectivity index is 2.22. The molecule has 2 rings (SSSR count). The number of rotatable bonds is 4. The van der Waals surface area contributed by atoms with Crippen molar-refractivity contribution in [2.24, 2.45) is 0 Å². The van der Waals surface area contributed by atoms with Crippen molar-refractivity contribution in [3.05, 3.63) is 70.2 Å². The van der Waals surface area contributed by atoms with Crippen LogP contribution in [0.2, 0.25) is 0 Å². The van der Waals surface area contributed by atoms with Gasteiger partial charge in [-0.1, -0.05) is 46.3 Å². The highest BCUT2D eigenvalue weighted by atomic mass is 79.9. The zero-order valence-corrected chi connectivity index (χ0v) is 13.4. The lowest BCUT2D eigenvalue weighted by Gasteiger charge is -2.29. The average molecular weight is 353 g/mol. The molecule has 0 fully saturated rings. The molecule has 0 aromatic heterocycles. The van der Waals surface area contributed by atoms with Crippen LogP contribution in [0, 0.1) is 0 Å². The lowest BCUT2D eigenvalue weighted by Crippen LogP contribution is -2.45. The third-order valence-electron chi connectivity index (χ3n) is 3.17. The number of hydrogen-bond acceptors (Lipinski definition) is 1. The van der Waals surface area contributed by atoms with Gasteiger partial charge in [-0.25, -0.2) is 0 Å². The van der Waals surface area contributed by atoms with Gasteiger partial charge in [-0.15, -0.1) is 11.6 Å². The minimum atomic E-state index is -0.590. The maximum absolute atomic E-state index is 12.3. The van der Waals surface area contributed by atoms with E-state index in [1.54, 1.807) is 12.1 Å². The summed E-state index contributed by atoms with van der Waals surface area (Å²) >= 11 is 9.43. The van der Waals surface area contributed by atoms with Gasteiger partial charge in [-0.3, -0.25) is 4.79 Å². The second-order valence-corrected chi connectivity index (χ2v) is 5.98. The van der Waals surface area contributed by atoms with Gasteiger partial charge >= 0.3 is 0 Å². The third kappa shape index (κ3) is 3.41. The molecule has 1 amide bonds. The van der Waals surface area contributed by atoms with Crippen LogP contribution in [0.5, 0.6) is 0 Å². The van der Waals surface area contributed by atoms with E-state index in [1.807, 2.05) is 49.4 Å². The van der Waals surface area contributed by atoms with Gasteiger partial charge in [-0.2, -0.15) is 0 Å². The minimum Gasteiger partial charge on any atom is -0.342 e. The number of nitrogens with one attached hydrogen (secondary N) is 1. The van der Waals surface area contributed by atoms with Crippen molar-refractivity contribution in [2.75, 3.05) is 5.88 Å².